The predicted molar refractivity (Wildman–Crippen MR) is 138 cm³/mol. The summed E-state index contributed by atoms with van der Waals surface area (Å²) in [6.45, 7) is -0.0916. The Morgan fingerprint density at radius 1 is 0.919 bits per heavy atom. The fraction of sp³-hybridized carbons (Fsp3) is 0.276. The maximum absolute atomic E-state index is 13.3. The molecule has 8 nitrogen and oxygen atoms in total. The van der Waals surface area contributed by atoms with Gasteiger partial charge in [0.25, 0.3) is 0 Å². The van der Waals surface area contributed by atoms with Gasteiger partial charge in [0.05, 0.1) is 0 Å². The van der Waals surface area contributed by atoms with Crippen LogP contribution in [0.4, 0.5) is 4.79 Å². The molecule has 0 radical (unpaired) electrons. The average molecular weight is 503 g/mol. The lowest BCUT2D eigenvalue weighted by atomic mass is 9.98. The van der Waals surface area contributed by atoms with E-state index >= 15 is 0 Å². The van der Waals surface area contributed by atoms with Gasteiger partial charge in [-0.3, -0.25) is 9.59 Å². The van der Waals surface area contributed by atoms with E-state index in [9.17, 15) is 19.5 Å². The Morgan fingerprint density at radius 2 is 1.51 bits per heavy atom. The number of alkyl carbamates (subject to hydrolysis) is 1. The summed E-state index contributed by atoms with van der Waals surface area (Å²) in [4.78, 5) is 38.9. The summed E-state index contributed by atoms with van der Waals surface area (Å²) in [5, 5.41) is 12.0. The number of aliphatic carboxylic acids is 1. The summed E-state index contributed by atoms with van der Waals surface area (Å²) in [6, 6.07) is 24.1. The molecule has 0 fully saturated rings. The number of hydrogen-bond acceptors (Lipinski definition) is 5. The molecule has 3 aromatic carbocycles. The first kappa shape index (κ1) is 25.9. The third-order valence-corrected chi connectivity index (χ3v) is 6.40. The SMILES string of the molecule is COCCC(NC(=O)OCC1c2ccccc2-c2ccccc21)C(=O)N(CC(=O)O)Cc1ccccc1. The van der Waals surface area contributed by atoms with E-state index in [1.807, 2.05) is 66.7 Å². The molecule has 0 heterocycles. The molecule has 1 atom stereocenters. The molecule has 192 valence electrons. The van der Waals surface area contributed by atoms with Crippen LogP contribution in [-0.4, -0.2) is 60.9 Å². The van der Waals surface area contributed by atoms with Gasteiger partial charge in [-0.15, -0.1) is 0 Å². The van der Waals surface area contributed by atoms with E-state index in [4.69, 9.17) is 9.47 Å². The van der Waals surface area contributed by atoms with Gasteiger partial charge < -0.3 is 24.8 Å². The Balaban J connectivity index is 1.45. The maximum Gasteiger partial charge on any atom is 0.407 e. The fourth-order valence-corrected chi connectivity index (χ4v) is 4.67. The maximum atomic E-state index is 13.3. The number of carbonyl (C=O) groups is 3. The first-order valence-corrected chi connectivity index (χ1v) is 12.1. The summed E-state index contributed by atoms with van der Waals surface area (Å²) < 4.78 is 10.7. The molecule has 0 spiro atoms. The molecule has 3 aromatic rings. The summed E-state index contributed by atoms with van der Waals surface area (Å²) >= 11 is 0. The molecule has 1 aliphatic carbocycles. The number of amides is 2. The number of rotatable bonds is 11. The van der Waals surface area contributed by atoms with Crippen molar-refractivity contribution in [2.24, 2.45) is 0 Å². The van der Waals surface area contributed by atoms with Crippen molar-refractivity contribution in [1.82, 2.24) is 10.2 Å². The van der Waals surface area contributed by atoms with Crippen molar-refractivity contribution in [1.29, 1.82) is 0 Å². The van der Waals surface area contributed by atoms with Crippen LogP contribution in [0.5, 0.6) is 0 Å². The summed E-state index contributed by atoms with van der Waals surface area (Å²) in [7, 11) is 1.49. The minimum Gasteiger partial charge on any atom is -0.480 e. The molecule has 1 aliphatic rings. The Bertz CT molecular complexity index is 1200. The molecular weight excluding hydrogens is 472 g/mol. The smallest absolute Gasteiger partial charge is 0.407 e. The number of benzene rings is 3. The molecule has 1 unspecified atom stereocenters. The van der Waals surface area contributed by atoms with Crippen molar-refractivity contribution in [2.45, 2.75) is 24.9 Å². The number of hydrogen-bond donors (Lipinski definition) is 2. The highest BCUT2D eigenvalue weighted by Gasteiger charge is 2.31. The van der Waals surface area contributed by atoms with Crippen LogP contribution in [0.25, 0.3) is 11.1 Å². The Kier molecular flexibility index (Phi) is 8.53. The highest BCUT2D eigenvalue weighted by molar-refractivity contribution is 5.88. The average Bonchev–Trinajstić information content (AvgIpc) is 3.23. The van der Waals surface area contributed by atoms with Gasteiger partial charge in [0, 0.05) is 32.6 Å². The lowest BCUT2D eigenvalue weighted by Gasteiger charge is -2.27. The summed E-state index contributed by atoms with van der Waals surface area (Å²) in [6.07, 6.45) is -0.573. The Hall–Kier alpha value is -4.17. The van der Waals surface area contributed by atoms with Gasteiger partial charge in [-0.05, 0) is 27.8 Å². The van der Waals surface area contributed by atoms with E-state index in [-0.39, 0.29) is 32.1 Å². The minimum atomic E-state index is -1.14. The van der Waals surface area contributed by atoms with Crippen LogP contribution in [-0.2, 0) is 25.6 Å². The molecule has 0 bridgehead atoms. The van der Waals surface area contributed by atoms with Gasteiger partial charge in [0.1, 0.15) is 19.2 Å². The zero-order valence-corrected chi connectivity index (χ0v) is 20.6. The summed E-state index contributed by atoms with van der Waals surface area (Å²) in [5.41, 5.74) is 5.18. The van der Waals surface area contributed by atoms with E-state index in [0.717, 1.165) is 27.8 Å². The second-order valence-corrected chi connectivity index (χ2v) is 8.88. The summed E-state index contributed by atoms with van der Waals surface area (Å²) in [5.74, 6) is -1.78. The zero-order chi connectivity index (χ0) is 26.2. The number of methoxy groups -OCH3 is 1. The van der Waals surface area contributed by atoms with Crippen LogP contribution in [0.15, 0.2) is 78.9 Å². The standard InChI is InChI=1S/C29H30N2O6/c1-36-16-15-26(28(34)31(18-27(32)33)17-20-9-3-2-4-10-20)30-29(35)37-19-25-23-13-7-5-11-21(23)22-12-6-8-14-24(22)25/h2-14,25-26H,15-19H2,1H3,(H,30,35)(H,32,33). The molecule has 4 rings (SSSR count). The zero-order valence-electron chi connectivity index (χ0n) is 20.6. The van der Waals surface area contributed by atoms with E-state index < -0.39 is 30.6 Å². The molecule has 2 N–H and O–H groups in total. The van der Waals surface area contributed by atoms with Crippen LogP contribution in [0.2, 0.25) is 0 Å². The third kappa shape index (κ3) is 6.34. The number of ether oxygens (including phenoxy) is 2. The molecule has 0 aromatic heterocycles. The van der Waals surface area contributed by atoms with Crippen LogP contribution in [0, 0.1) is 0 Å². The predicted octanol–water partition coefficient (Wildman–Crippen LogP) is 4.04. The highest BCUT2D eigenvalue weighted by Crippen LogP contribution is 2.44. The van der Waals surface area contributed by atoms with E-state index in [0.29, 0.717) is 0 Å². The molecule has 8 heteroatoms. The van der Waals surface area contributed by atoms with Crippen LogP contribution in [0.1, 0.15) is 29.0 Å². The normalized spacial score (nSPS) is 12.8. The molecule has 0 saturated heterocycles. The van der Waals surface area contributed by atoms with Crippen molar-refractivity contribution >= 4 is 18.0 Å². The van der Waals surface area contributed by atoms with Crippen molar-refractivity contribution in [3.8, 4) is 11.1 Å². The number of carboxylic acid groups (broad SMARTS) is 1. The number of carboxylic acids is 1. The van der Waals surface area contributed by atoms with Crippen LogP contribution in [0.3, 0.4) is 0 Å². The van der Waals surface area contributed by atoms with Crippen molar-refractivity contribution in [2.75, 3.05) is 26.9 Å². The largest absolute Gasteiger partial charge is 0.480 e. The first-order valence-electron chi connectivity index (χ1n) is 12.1. The molecule has 0 aliphatic heterocycles. The quantitative estimate of drug-likeness (QED) is 0.410. The van der Waals surface area contributed by atoms with Crippen molar-refractivity contribution in [3.05, 3.63) is 95.6 Å². The molecule has 37 heavy (non-hydrogen) atoms. The van der Waals surface area contributed by atoms with Gasteiger partial charge >= 0.3 is 12.1 Å². The monoisotopic (exact) mass is 502 g/mol. The van der Waals surface area contributed by atoms with E-state index in [1.165, 1.54) is 12.0 Å². The van der Waals surface area contributed by atoms with Crippen molar-refractivity contribution < 1.29 is 29.0 Å². The van der Waals surface area contributed by atoms with E-state index in [2.05, 4.69) is 17.4 Å². The number of fused-ring (bicyclic) bond motifs is 3. The first-order chi connectivity index (χ1) is 18.0. The number of nitrogens with one attached hydrogen (secondary N) is 1. The second-order valence-electron chi connectivity index (χ2n) is 8.88. The lowest BCUT2D eigenvalue weighted by molar-refractivity contribution is -0.146. The van der Waals surface area contributed by atoms with E-state index in [1.54, 1.807) is 0 Å². The molecular formula is C29H30N2O6. The lowest BCUT2D eigenvalue weighted by Crippen LogP contribution is -2.50. The Morgan fingerprint density at radius 3 is 2.11 bits per heavy atom. The fourth-order valence-electron chi connectivity index (χ4n) is 4.67. The molecule has 0 saturated carbocycles. The minimum absolute atomic E-state index is 0.0990. The van der Waals surface area contributed by atoms with Gasteiger partial charge in [0.15, 0.2) is 0 Å². The highest BCUT2D eigenvalue weighted by atomic mass is 16.5. The van der Waals surface area contributed by atoms with Crippen LogP contribution < -0.4 is 5.32 Å². The topological polar surface area (TPSA) is 105 Å². The van der Waals surface area contributed by atoms with Crippen molar-refractivity contribution in [3.63, 3.8) is 0 Å². The second kappa shape index (κ2) is 12.2. The van der Waals surface area contributed by atoms with Gasteiger partial charge in [-0.1, -0.05) is 78.9 Å². The number of carbonyl (C=O) groups excluding carboxylic acids is 2. The Labute approximate surface area is 215 Å². The van der Waals surface area contributed by atoms with Crippen LogP contribution >= 0.6 is 0 Å². The van der Waals surface area contributed by atoms with Gasteiger partial charge in [-0.25, -0.2) is 4.79 Å². The molecule has 2 amide bonds. The third-order valence-electron chi connectivity index (χ3n) is 6.40. The number of nitrogens with zero attached hydrogens (tertiary/aromatic N) is 1. The van der Waals surface area contributed by atoms with Gasteiger partial charge in [-0.2, -0.15) is 0 Å². The van der Waals surface area contributed by atoms with Gasteiger partial charge in [0.2, 0.25) is 5.91 Å².